The third kappa shape index (κ3) is 1.81. The number of hydrogen-bond acceptors (Lipinski definition) is 1. The molecule has 1 nitrogen and oxygen atoms in total. The highest BCUT2D eigenvalue weighted by Gasteiger charge is 2.07. The van der Waals surface area contributed by atoms with Crippen LogP contribution in [0.1, 0.15) is 12.0 Å². The van der Waals surface area contributed by atoms with E-state index < -0.39 is 0 Å². The van der Waals surface area contributed by atoms with Gasteiger partial charge in [-0.2, -0.15) is 0 Å². The van der Waals surface area contributed by atoms with Crippen molar-refractivity contribution in [1.82, 2.24) is 0 Å². The second kappa shape index (κ2) is 3.48. The van der Waals surface area contributed by atoms with Gasteiger partial charge >= 0.3 is 0 Å². The Bertz CT molecular complexity index is 347. The van der Waals surface area contributed by atoms with Crippen molar-refractivity contribution in [3.05, 3.63) is 59.4 Å². The second-order valence-corrected chi connectivity index (χ2v) is 3.26. The summed E-state index contributed by atoms with van der Waals surface area (Å²) in [5, 5.41) is 9.44. The minimum atomic E-state index is 0.448. The van der Waals surface area contributed by atoms with E-state index in [0.29, 0.717) is 5.76 Å². The topological polar surface area (TPSA) is 20.2 Å². The highest BCUT2D eigenvalue weighted by atomic mass is 16.3. The van der Waals surface area contributed by atoms with E-state index in [-0.39, 0.29) is 0 Å². The lowest BCUT2D eigenvalue weighted by Crippen LogP contribution is -1.90. The van der Waals surface area contributed by atoms with Crippen LogP contribution in [-0.2, 0) is 6.42 Å². The van der Waals surface area contributed by atoms with Gasteiger partial charge in [0.15, 0.2) is 0 Å². The molecule has 2 rings (SSSR count). The van der Waals surface area contributed by atoms with Crippen LogP contribution in [0.15, 0.2) is 53.8 Å². The Kier molecular flexibility index (Phi) is 2.17. The van der Waals surface area contributed by atoms with Gasteiger partial charge in [-0.1, -0.05) is 36.4 Å². The molecular weight excluding hydrogens is 160 g/mol. The molecule has 0 spiro atoms. The van der Waals surface area contributed by atoms with Crippen LogP contribution < -0.4 is 0 Å². The van der Waals surface area contributed by atoms with E-state index in [1.54, 1.807) is 6.08 Å². The van der Waals surface area contributed by atoms with E-state index >= 15 is 0 Å². The van der Waals surface area contributed by atoms with Gasteiger partial charge in [-0.25, -0.2) is 0 Å². The molecule has 1 aliphatic rings. The molecule has 13 heavy (non-hydrogen) atoms. The quantitative estimate of drug-likeness (QED) is 0.727. The van der Waals surface area contributed by atoms with Crippen LogP contribution in [0.25, 0.3) is 0 Å². The van der Waals surface area contributed by atoms with Crippen LogP contribution in [0.3, 0.4) is 0 Å². The Hall–Kier alpha value is -1.50. The zero-order chi connectivity index (χ0) is 9.10. The van der Waals surface area contributed by atoms with Crippen molar-refractivity contribution in [2.75, 3.05) is 0 Å². The molecule has 0 atom stereocenters. The number of aliphatic hydroxyl groups excluding tert-OH is 1. The first-order valence-corrected chi connectivity index (χ1v) is 4.48. The maximum atomic E-state index is 9.44. The molecule has 0 heterocycles. The summed E-state index contributed by atoms with van der Waals surface area (Å²) in [6.45, 7) is 0. The smallest absolute Gasteiger partial charge is 0.115 e. The highest BCUT2D eigenvalue weighted by molar-refractivity contribution is 5.33. The molecule has 0 saturated carbocycles. The minimum Gasteiger partial charge on any atom is -0.508 e. The summed E-state index contributed by atoms with van der Waals surface area (Å²) in [5.74, 6) is 0.448. The third-order valence-corrected chi connectivity index (χ3v) is 2.26. The molecule has 0 bridgehead atoms. The molecule has 1 aromatic rings. The summed E-state index contributed by atoms with van der Waals surface area (Å²) in [6, 6.07) is 10.2. The summed E-state index contributed by atoms with van der Waals surface area (Å²) in [5.41, 5.74) is 2.37. The lowest BCUT2D eigenvalue weighted by atomic mass is 10.0. The summed E-state index contributed by atoms with van der Waals surface area (Å²) in [7, 11) is 0. The molecule has 1 aromatic carbocycles. The fourth-order valence-corrected chi connectivity index (χ4v) is 1.54. The molecule has 1 N–H and O–H groups in total. The van der Waals surface area contributed by atoms with Gasteiger partial charge in [0.1, 0.15) is 5.76 Å². The Balaban J connectivity index is 2.12. The Labute approximate surface area is 78.0 Å². The molecule has 0 aliphatic heterocycles. The fourth-order valence-electron chi connectivity index (χ4n) is 1.54. The van der Waals surface area contributed by atoms with Gasteiger partial charge in [0.2, 0.25) is 0 Å². The molecule has 66 valence electrons. The average molecular weight is 172 g/mol. The fraction of sp³-hybridized carbons (Fsp3) is 0.167. The van der Waals surface area contributed by atoms with Crippen LogP contribution >= 0.6 is 0 Å². The van der Waals surface area contributed by atoms with Gasteiger partial charge < -0.3 is 5.11 Å². The first kappa shape index (κ1) is 8.11. The van der Waals surface area contributed by atoms with Crippen LogP contribution in [0.2, 0.25) is 0 Å². The molecule has 0 aromatic heterocycles. The summed E-state index contributed by atoms with van der Waals surface area (Å²) in [4.78, 5) is 0. The van der Waals surface area contributed by atoms with Gasteiger partial charge in [-0.05, 0) is 30.1 Å². The normalized spacial score (nSPS) is 15.4. The van der Waals surface area contributed by atoms with Crippen molar-refractivity contribution in [3.8, 4) is 0 Å². The van der Waals surface area contributed by atoms with E-state index in [2.05, 4.69) is 12.1 Å². The largest absolute Gasteiger partial charge is 0.508 e. The average Bonchev–Trinajstić information content (AvgIpc) is 2.54. The zero-order valence-corrected chi connectivity index (χ0v) is 7.40. The van der Waals surface area contributed by atoms with Gasteiger partial charge in [-0.15, -0.1) is 0 Å². The van der Waals surface area contributed by atoms with Crippen molar-refractivity contribution < 1.29 is 5.11 Å². The van der Waals surface area contributed by atoms with Gasteiger partial charge in [0.05, 0.1) is 0 Å². The number of rotatable bonds is 2. The lowest BCUT2D eigenvalue weighted by Gasteiger charge is -2.02. The number of hydrogen-bond donors (Lipinski definition) is 1. The molecule has 0 unspecified atom stereocenters. The SMILES string of the molecule is OC1=C(Cc2ccccc2)CC=C1. The van der Waals surface area contributed by atoms with Crippen molar-refractivity contribution in [1.29, 1.82) is 0 Å². The maximum Gasteiger partial charge on any atom is 0.115 e. The van der Waals surface area contributed by atoms with E-state index in [1.165, 1.54) is 5.56 Å². The Morgan fingerprint density at radius 1 is 1.15 bits per heavy atom. The zero-order valence-electron chi connectivity index (χ0n) is 7.40. The van der Waals surface area contributed by atoms with Gasteiger partial charge in [0.25, 0.3) is 0 Å². The standard InChI is InChI=1S/C12H12O/c13-12-8-4-7-11(12)9-10-5-2-1-3-6-10/h1-6,8,13H,7,9H2. The van der Waals surface area contributed by atoms with Crippen LogP contribution in [0, 0.1) is 0 Å². The van der Waals surface area contributed by atoms with Crippen molar-refractivity contribution in [3.63, 3.8) is 0 Å². The van der Waals surface area contributed by atoms with E-state index in [1.807, 2.05) is 24.3 Å². The molecule has 0 fully saturated rings. The molecule has 0 saturated heterocycles. The molecular formula is C12H12O. The molecule has 0 amide bonds. The minimum absolute atomic E-state index is 0.448. The van der Waals surface area contributed by atoms with Crippen LogP contribution in [0.4, 0.5) is 0 Å². The first-order valence-electron chi connectivity index (χ1n) is 4.48. The van der Waals surface area contributed by atoms with Crippen molar-refractivity contribution in [2.45, 2.75) is 12.8 Å². The van der Waals surface area contributed by atoms with E-state index in [0.717, 1.165) is 18.4 Å². The Morgan fingerprint density at radius 2 is 1.92 bits per heavy atom. The number of allylic oxidation sites excluding steroid dienone is 3. The number of aliphatic hydroxyl groups is 1. The van der Waals surface area contributed by atoms with Crippen LogP contribution in [-0.4, -0.2) is 5.11 Å². The van der Waals surface area contributed by atoms with E-state index in [9.17, 15) is 5.11 Å². The third-order valence-electron chi connectivity index (χ3n) is 2.26. The summed E-state index contributed by atoms with van der Waals surface area (Å²) < 4.78 is 0. The van der Waals surface area contributed by atoms with Crippen LogP contribution in [0.5, 0.6) is 0 Å². The maximum absolute atomic E-state index is 9.44. The molecule has 0 radical (unpaired) electrons. The lowest BCUT2D eigenvalue weighted by molar-refractivity contribution is 0.426. The predicted octanol–water partition coefficient (Wildman–Crippen LogP) is 3.00. The second-order valence-electron chi connectivity index (χ2n) is 3.26. The summed E-state index contributed by atoms with van der Waals surface area (Å²) in [6.07, 6.45) is 5.52. The monoisotopic (exact) mass is 172 g/mol. The van der Waals surface area contributed by atoms with Crippen molar-refractivity contribution in [2.24, 2.45) is 0 Å². The Morgan fingerprint density at radius 3 is 2.54 bits per heavy atom. The highest BCUT2D eigenvalue weighted by Crippen LogP contribution is 2.20. The predicted molar refractivity (Wildman–Crippen MR) is 53.6 cm³/mol. The van der Waals surface area contributed by atoms with E-state index in [4.69, 9.17) is 0 Å². The van der Waals surface area contributed by atoms with Gasteiger partial charge in [-0.3, -0.25) is 0 Å². The summed E-state index contributed by atoms with van der Waals surface area (Å²) >= 11 is 0. The first-order chi connectivity index (χ1) is 6.36. The van der Waals surface area contributed by atoms with Gasteiger partial charge in [0, 0.05) is 0 Å². The molecule has 1 aliphatic carbocycles. The van der Waals surface area contributed by atoms with Crippen molar-refractivity contribution >= 4 is 0 Å². The molecule has 1 heteroatoms. The number of benzene rings is 1.